The van der Waals surface area contributed by atoms with Gasteiger partial charge in [-0.05, 0) is 63.2 Å². The van der Waals surface area contributed by atoms with Crippen molar-refractivity contribution in [2.24, 2.45) is 17.8 Å². The number of carbonyl (C=O) groups excluding carboxylic acids is 1. The molecule has 2 aliphatic carbocycles. The molecule has 20 heavy (non-hydrogen) atoms. The van der Waals surface area contributed by atoms with Crippen molar-refractivity contribution >= 4 is 12.0 Å². The minimum atomic E-state index is -0.779. The van der Waals surface area contributed by atoms with Gasteiger partial charge in [0.25, 0.3) is 0 Å². The number of rotatable bonds is 9. The van der Waals surface area contributed by atoms with Gasteiger partial charge in [0, 0.05) is 19.0 Å². The monoisotopic (exact) mass is 282 g/mol. The smallest absolute Gasteiger partial charge is 0.315 e. The quantitative estimate of drug-likeness (QED) is 0.607. The van der Waals surface area contributed by atoms with Crippen LogP contribution in [-0.4, -0.2) is 29.7 Å². The summed E-state index contributed by atoms with van der Waals surface area (Å²) in [6.45, 7) is 2.71. The number of hydrogen-bond acceptors (Lipinski definition) is 2. The molecule has 3 N–H and O–H groups in total. The first-order valence-corrected chi connectivity index (χ1v) is 7.82. The Balaban J connectivity index is 1.58. The van der Waals surface area contributed by atoms with Gasteiger partial charge in [0.15, 0.2) is 0 Å². The van der Waals surface area contributed by atoms with Crippen molar-refractivity contribution in [3.63, 3.8) is 0 Å². The summed E-state index contributed by atoms with van der Waals surface area (Å²) in [7, 11) is 0. The summed E-state index contributed by atoms with van der Waals surface area (Å²) in [5.41, 5.74) is 0. The molecular weight excluding hydrogens is 256 g/mol. The zero-order valence-electron chi connectivity index (χ0n) is 12.2. The number of aliphatic carboxylic acids is 1. The van der Waals surface area contributed by atoms with E-state index in [4.69, 9.17) is 5.11 Å². The Labute approximate surface area is 120 Å². The topological polar surface area (TPSA) is 78.4 Å². The largest absolute Gasteiger partial charge is 0.481 e. The van der Waals surface area contributed by atoms with Crippen molar-refractivity contribution in [3.05, 3.63) is 0 Å². The summed E-state index contributed by atoms with van der Waals surface area (Å²) in [5.74, 6) is 1.59. The van der Waals surface area contributed by atoms with E-state index in [1.54, 1.807) is 0 Å². The molecule has 1 atom stereocenters. The Kier molecular flexibility index (Phi) is 5.26. The van der Waals surface area contributed by atoms with Crippen molar-refractivity contribution in [3.8, 4) is 0 Å². The highest BCUT2D eigenvalue weighted by Crippen LogP contribution is 2.48. The second-order valence-corrected chi connectivity index (χ2v) is 6.38. The molecule has 0 bridgehead atoms. The highest BCUT2D eigenvalue weighted by Gasteiger charge is 2.41. The first-order chi connectivity index (χ1) is 9.56. The van der Waals surface area contributed by atoms with Crippen LogP contribution in [0.5, 0.6) is 0 Å². The molecule has 2 amide bonds. The van der Waals surface area contributed by atoms with Crippen molar-refractivity contribution in [1.29, 1.82) is 0 Å². The summed E-state index contributed by atoms with van der Waals surface area (Å²) in [6, 6.07) is -0.0891. The normalized spacial score (nSPS) is 19.7. The molecule has 114 valence electrons. The fourth-order valence-corrected chi connectivity index (χ4v) is 2.88. The van der Waals surface area contributed by atoms with Crippen molar-refractivity contribution in [2.75, 3.05) is 6.54 Å². The average Bonchev–Trinajstić information content (AvgIpc) is 3.23. The lowest BCUT2D eigenvalue weighted by atomic mass is 9.98. The molecule has 2 aliphatic rings. The van der Waals surface area contributed by atoms with Crippen LogP contribution in [0.25, 0.3) is 0 Å². The van der Waals surface area contributed by atoms with Gasteiger partial charge in [0.05, 0.1) is 0 Å². The van der Waals surface area contributed by atoms with Gasteiger partial charge in [-0.25, -0.2) is 4.79 Å². The maximum absolute atomic E-state index is 11.8. The molecule has 2 fully saturated rings. The molecule has 5 nitrogen and oxygen atoms in total. The van der Waals surface area contributed by atoms with Gasteiger partial charge in [-0.2, -0.15) is 0 Å². The highest BCUT2D eigenvalue weighted by atomic mass is 16.4. The van der Waals surface area contributed by atoms with E-state index in [1.807, 2.05) is 6.92 Å². The van der Waals surface area contributed by atoms with Crippen molar-refractivity contribution in [1.82, 2.24) is 10.6 Å². The van der Waals surface area contributed by atoms with Crippen molar-refractivity contribution in [2.45, 2.75) is 57.9 Å². The molecule has 0 aliphatic heterocycles. The van der Waals surface area contributed by atoms with Gasteiger partial charge < -0.3 is 15.7 Å². The number of carbonyl (C=O) groups is 2. The lowest BCUT2D eigenvalue weighted by Gasteiger charge is -2.18. The predicted octanol–water partition coefficient (Wildman–Crippen LogP) is 2.37. The SMILES string of the molecule is CC(CCCC(=O)O)NC(=O)NCC(C1CC1)C1CC1. The molecule has 2 saturated carbocycles. The molecule has 0 aromatic heterocycles. The third-order valence-corrected chi connectivity index (χ3v) is 4.36. The van der Waals surface area contributed by atoms with Crippen LogP contribution in [0.2, 0.25) is 0 Å². The third kappa shape index (κ3) is 5.39. The van der Waals surface area contributed by atoms with Crippen LogP contribution in [-0.2, 0) is 4.79 Å². The fourth-order valence-electron chi connectivity index (χ4n) is 2.88. The first kappa shape index (κ1) is 15.1. The number of carboxylic acids is 1. The third-order valence-electron chi connectivity index (χ3n) is 4.36. The van der Waals surface area contributed by atoms with Crippen LogP contribution in [0.15, 0.2) is 0 Å². The van der Waals surface area contributed by atoms with Gasteiger partial charge >= 0.3 is 12.0 Å². The number of urea groups is 1. The Hall–Kier alpha value is -1.26. The van der Waals surface area contributed by atoms with E-state index in [-0.39, 0.29) is 18.5 Å². The standard InChI is InChI=1S/C15H26N2O3/c1-10(3-2-4-14(18)19)17-15(20)16-9-13(11-5-6-11)12-7-8-12/h10-13H,2-9H2,1H3,(H,18,19)(H2,16,17,20). The molecule has 0 heterocycles. The van der Waals surface area contributed by atoms with E-state index in [9.17, 15) is 9.59 Å². The maximum atomic E-state index is 11.8. The van der Waals surface area contributed by atoms with Gasteiger partial charge in [0.2, 0.25) is 0 Å². The lowest BCUT2D eigenvalue weighted by molar-refractivity contribution is -0.137. The summed E-state index contributed by atoms with van der Waals surface area (Å²) < 4.78 is 0. The van der Waals surface area contributed by atoms with Crippen LogP contribution in [0, 0.1) is 17.8 Å². The van der Waals surface area contributed by atoms with Gasteiger partial charge in [-0.15, -0.1) is 0 Å². The molecule has 0 saturated heterocycles. The average molecular weight is 282 g/mol. The van der Waals surface area contributed by atoms with Gasteiger partial charge in [-0.3, -0.25) is 4.79 Å². The predicted molar refractivity (Wildman–Crippen MR) is 76.4 cm³/mol. The zero-order chi connectivity index (χ0) is 14.5. The number of hydrogen-bond donors (Lipinski definition) is 3. The first-order valence-electron chi connectivity index (χ1n) is 7.82. The van der Waals surface area contributed by atoms with E-state index in [0.29, 0.717) is 18.8 Å². The molecule has 2 rings (SSSR count). The Morgan fingerprint density at radius 1 is 1.20 bits per heavy atom. The Morgan fingerprint density at radius 2 is 1.80 bits per heavy atom. The number of carboxylic acid groups (broad SMARTS) is 1. The molecule has 1 unspecified atom stereocenters. The maximum Gasteiger partial charge on any atom is 0.315 e. The fraction of sp³-hybridized carbons (Fsp3) is 0.867. The molecule has 0 spiro atoms. The summed E-state index contributed by atoms with van der Waals surface area (Å²) in [6.07, 6.45) is 6.79. The molecule has 0 aromatic rings. The van der Waals surface area contributed by atoms with Gasteiger partial charge in [-0.1, -0.05) is 0 Å². The van der Waals surface area contributed by atoms with E-state index in [0.717, 1.165) is 18.4 Å². The second-order valence-electron chi connectivity index (χ2n) is 6.38. The lowest BCUT2D eigenvalue weighted by Crippen LogP contribution is -2.43. The van der Waals surface area contributed by atoms with Crippen molar-refractivity contribution < 1.29 is 14.7 Å². The molecule has 5 heteroatoms. The Bertz CT molecular complexity index is 339. The Morgan fingerprint density at radius 3 is 2.30 bits per heavy atom. The summed E-state index contributed by atoms with van der Waals surface area (Å²) >= 11 is 0. The van der Waals surface area contributed by atoms with Crippen LogP contribution >= 0.6 is 0 Å². The molecular formula is C15H26N2O3. The summed E-state index contributed by atoms with van der Waals surface area (Å²) in [4.78, 5) is 22.2. The number of amides is 2. The highest BCUT2D eigenvalue weighted by molar-refractivity contribution is 5.74. The van der Waals surface area contributed by atoms with E-state index in [1.165, 1.54) is 25.7 Å². The van der Waals surface area contributed by atoms with Crippen LogP contribution in [0.3, 0.4) is 0 Å². The van der Waals surface area contributed by atoms with Crippen LogP contribution < -0.4 is 10.6 Å². The zero-order valence-corrected chi connectivity index (χ0v) is 12.2. The second kappa shape index (κ2) is 6.95. The van der Waals surface area contributed by atoms with E-state index >= 15 is 0 Å². The van der Waals surface area contributed by atoms with E-state index in [2.05, 4.69) is 10.6 Å². The molecule has 0 aromatic carbocycles. The minimum Gasteiger partial charge on any atom is -0.481 e. The minimum absolute atomic E-state index is 0.0228. The van der Waals surface area contributed by atoms with Crippen LogP contribution in [0.4, 0.5) is 4.79 Å². The molecule has 0 radical (unpaired) electrons. The summed E-state index contributed by atoms with van der Waals surface area (Å²) in [5, 5.41) is 14.4. The number of nitrogens with one attached hydrogen (secondary N) is 2. The van der Waals surface area contributed by atoms with E-state index < -0.39 is 5.97 Å². The van der Waals surface area contributed by atoms with Crippen LogP contribution in [0.1, 0.15) is 51.9 Å². The van der Waals surface area contributed by atoms with Gasteiger partial charge in [0.1, 0.15) is 0 Å².